The van der Waals surface area contributed by atoms with Crippen LogP contribution in [0.15, 0.2) is 39.9 Å². The van der Waals surface area contributed by atoms with Gasteiger partial charge in [0.2, 0.25) is 11.6 Å². The van der Waals surface area contributed by atoms with Crippen LogP contribution < -0.4 is 5.76 Å². The van der Waals surface area contributed by atoms with E-state index in [4.69, 9.17) is 11.6 Å². The zero-order valence-corrected chi connectivity index (χ0v) is 17.3. The van der Waals surface area contributed by atoms with Gasteiger partial charge in [0, 0.05) is 17.1 Å². The summed E-state index contributed by atoms with van der Waals surface area (Å²) < 4.78 is 19.6. The third kappa shape index (κ3) is 3.97. The summed E-state index contributed by atoms with van der Waals surface area (Å²) in [7, 11) is 0. The Hall–Kier alpha value is -3.07. The van der Waals surface area contributed by atoms with Gasteiger partial charge in [-0.05, 0) is 49.7 Å². The van der Waals surface area contributed by atoms with Gasteiger partial charge in [-0.15, -0.1) is 0 Å². The number of hydrogen-bond donors (Lipinski definition) is 1. The summed E-state index contributed by atoms with van der Waals surface area (Å²) in [5.74, 6) is 0.293. The van der Waals surface area contributed by atoms with Crippen molar-refractivity contribution in [1.82, 2.24) is 29.7 Å². The summed E-state index contributed by atoms with van der Waals surface area (Å²) in [6.07, 6.45) is 5.55. The van der Waals surface area contributed by atoms with Crippen molar-refractivity contribution in [3.8, 4) is 22.9 Å². The number of benzene rings is 1. The topological polar surface area (TPSA) is 102 Å². The van der Waals surface area contributed by atoms with Gasteiger partial charge < -0.3 is 4.57 Å². The molecule has 10 heteroatoms. The number of rotatable bonds is 5. The van der Waals surface area contributed by atoms with Gasteiger partial charge in [0.15, 0.2) is 5.65 Å². The number of H-pyrrole nitrogens is 1. The van der Waals surface area contributed by atoms with Crippen LogP contribution in [-0.4, -0.2) is 36.3 Å². The lowest BCUT2D eigenvalue weighted by molar-refractivity contribution is 0.218. The monoisotopic (exact) mass is 442 g/mol. The van der Waals surface area contributed by atoms with Gasteiger partial charge in [0.1, 0.15) is 11.2 Å². The SMILES string of the molecule is O=c1[nH]c(-c2nc(-c3cccc(Cl)c3)c3c(ncn3CC3CCC(CF)CC3)n2)no1. The molecular weight excluding hydrogens is 423 g/mol. The van der Waals surface area contributed by atoms with Crippen LogP contribution in [-0.2, 0) is 6.54 Å². The second-order valence-electron chi connectivity index (χ2n) is 7.96. The third-order valence-electron chi connectivity index (χ3n) is 5.86. The fraction of sp³-hybridized carbons (Fsp3) is 0.381. The molecule has 0 saturated heterocycles. The van der Waals surface area contributed by atoms with Gasteiger partial charge in [0.25, 0.3) is 0 Å². The molecule has 3 heterocycles. The van der Waals surface area contributed by atoms with Gasteiger partial charge in [-0.2, -0.15) is 0 Å². The molecule has 160 valence electrons. The third-order valence-corrected chi connectivity index (χ3v) is 6.10. The summed E-state index contributed by atoms with van der Waals surface area (Å²) in [6, 6.07) is 7.37. The minimum atomic E-state index is -0.683. The summed E-state index contributed by atoms with van der Waals surface area (Å²) in [6.45, 7) is 0.521. The summed E-state index contributed by atoms with van der Waals surface area (Å²) in [5, 5.41) is 4.28. The molecule has 1 N–H and O–H groups in total. The fourth-order valence-corrected chi connectivity index (χ4v) is 4.42. The molecule has 31 heavy (non-hydrogen) atoms. The Kier molecular flexibility index (Phi) is 5.27. The highest BCUT2D eigenvalue weighted by Gasteiger charge is 2.24. The Bertz CT molecular complexity index is 1270. The molecular formula is C21H20ClFN6O2. The van der Waals surface area contributed by atoms with Crippen LogP contribution in [0.2, 0.25) is 5.02 Å². The fourth-order valence-electron chi connectivity index (χ4n) is 4.23. The highest BCUT2D eigenvalue weighted by atomic mass is 35.5. The first kappa shape index (κ1) is 19.9. The van der Waals surface area contributed by atoms with Crippen LogP contribution in [0.25, 0.3) is 34.1 Å². The van der Waals surface area contributed by atoms with Crippen LogP contribution in [0.5, 0.6) is 0 Å². The van der Waals surface area contributed by atoms with Crippen LogP contribution in [0.4, 0.5) is 4.39 Å². The second kappa shape index (κ2) is 8.22. The van der Waals surface area contributed by atoms with Crippen molar-refractivity contribution >= 4 is 22.8 Å². The minimum absolute atomic E-state index is 0.134. The van der Waals surface area contributed by atoms with Crippen molar-refractivity contribution in [2.75, 3.05) is 6.67 Å². The number of hydrogen-bond acceptors (Lipinski definition) is 6. The van der Waals surface area contributed by atoms with E-state index in [0.29, 0.717) is 22.3 Å². The molecule has 0 atom stereocenters. The lowest BCUT2D eigenvalue weighted by atomic mass is 9.82. The number of nitrogens with zero attached hydrogens (tertiary/aromatic N) is 5. The van der Waals surface area contributed by atoms with E-state index in [2.05, 4.69) is 34.2 Å². The van der Waals surface area contributed by atoms with Crippen molar-refractivity contribution in [2.24, 2.45) is 11.8 Å². The lowest BCUT2D eigenvalue weighted by Gasteiger charge is -2.27. The molecule has 1 aliphatic rings. The summed E-state index contributed by atoms with van der Waals surface area (Å²) in [4.78, 5) is 27.5. The van der Waals surface area contributed by atoms with E-state index in [1.807, 2.05) is 18.2 Å². The van der Waals surface area contributed by atoms with E-state index in [1.54, 1.807) is 12.4 Å². The van der Waals surface area contributed by atoms with Crippen LogP contribution >= 0.6 is 11.6 Å². The van der Waals surface area contributed by atoms with Crippen LogP contribution in [0.3, 0.4) is 0 Å². The number of alkyl halides is 1. The maximum absolute atomic E-state index is 13.0. The average molecular weight is 443 g/mol. The van der Waals surface area contributed by atoms with E-state index >= 15 is 0 Å². The van der Waals surface area contributed by atoms with Crippen molar-refractivity contribution < 1.29 is 8.91 Å². The summed E-state index contributed by atoms with van der Waals surface area (Å²) >= 11 is 6.23. The normalized spacial score (nSPS) is 19.2. The quantitative estimate of drug-likeness (QED) is 0.495. The maximum Gasteiger partial charge on any atom is 0.439 e. The Balaban J connectivity index is 1.59. The number of nitrogens with one attached hydrogen (secondary N) is 1. The predicted molar refractivity (Wildman–Crippen MR) is 113 cm³/mol. The highest BCUT2D eigenvalue weighted by Crippen LogP contribution is 2.33. The van der Waals surface area contributed by atoms with Gasteiger partial charge in [0.05, 0.1) is 13.0 Å². The Labute approximate surface area is 181 Å². The first-order valence-corrected chi connectivity index (χ1v) is 10.6. The first-order valence-electron chi connectivity index (χ1n) is 10.2. The van der Waals surface area contributed by atoms with E-state index in [9.17, 15) is 9.18 Å². The van der Waals surface area contributed by atoms with Crippen molar-refractivity contribution in [1.29, 1.82) is 0 Å². The molecule has 0 bridgehead atoms. The van der Waals surface area contributed by atoms with E-state index in [0.717, 1.165) is 43.3 Å². The van der Waals surface area contributed by atoms with E-state index in [1.165, 1.54) is 0 Å². The van der Waals surface area contributed by atoms with Crippen molar-refractivity contribution in [3.05, 3.63) is 46.2 Å². The number of aromatic amines is 1. The molecule has 0 amide bonds. The van der Waals surface area contributed by atoms with E-state index in [-0.39, 0.29) is 24.2 Å². The predicted octanol–water partition coefficient (Wildman–Crippen LogP) is 4.27. The molecule has 1 saturated carbocycles. The standard InChI is InChI=1S/C21H20ClFN6O2/c22-15-3-1-2-14(8-15)16-17-18(26-19(25-16)20-27-21(30)31-28-20)24-11-29(17)10-13-6-4-12(9-23)5-7-13/h1-3,8,11-13H,4-7,9-10H2,(H,27,28,30). The van der Waals surface area contributed by atoms with Crippen molar-refractivity contribution in [2.45, 2.75) is 32.2 Å². The minimum Gasteiger partial charge on any atom is -0.327 e. The molecule has 0 unspecified atom stereocenters. The maximum atomic E-state index is 13.0. The number of halogens is 2. The number of aromatic nitrogens is 6. The average Bonchev–Trinajstić information content (AvgIpc) is 3.40. The molecule has 0 radical (unpaired) electrons. The zero-order chi connectivity index (χ0) is 21.4. The van der Waals surface area contributed by atoms with E-state index < -0.39 is 5.76 Å². The van der Waals surface area contributed by atoms with Gasteiger partial charge in [-0.3, -0.25) is 13.9 Å². The van der Waals surface area contributed by atoms with Gasteiger partial charge in [-0.1, -0.05) is 28.9 Å². The molecule has 5 rings (SSSR count). The second-order valence-corrected chi connectivity index (χ2v) is 8.40. The zero-order valence-electron chi connectivity index (χ0n) is 16.6. The molecule has 0 aliphatic heterocycles. The largest absolute Gasteiger partial charge is 0.439 e. The lowest BCUT2D eigenvalue weighted by Crippen LogP contribution is -2.19. The Morgan fingerprint density at radius 3 is 2.71 bits per heavy atom. The smallest absolute Gasteiger partial charge is 0.327 e. The molecule has 4 aromatic rings. The van der Waals surface area contributed by atoms with Gasteiger partial charge in [-0.25, -0.2) is 19.7 Å². The number of fused-ring (bicyclic) bond motifs is 1. The van der Waals surface area contributed by atoms with Gasteiger partial charge >= 0.3 is 5.76 Å². The Morgan fingerprint density at radius 1 is 1.19 bits per heavy atom. The van der Waals surface area contributed by atoms with Crippen LogP contribution in [0.1, 0.15) is 25.7 Å². The first-order chi connectivity index (χ1) is 15.1. The molecule has 1 aromatic carbocycles. The highest BCUT2D eigenvalue weighted by molar-refractivity contribution is 6.30. The molecule has 3 aromatic heterocycles. The molecule has 0 spiro atoms. The van der Waals surface area contributed by atoms with Crippen molar-refractivity contribution in [3.63, 3.8) is 0 Å². The van der Waals surface area contributed by atoms with Crippen LogP contribution in [0, 0.1) is 11.8 Å². The molecule has 1 fully saturated rings. The molecule has 8 nitrogen and oxygen atoms in total. The number of imidazole rings is 1. The molecule has 1 aliphatic carbocycles. The summed E-state index contributed by atoms with van der Waals surface area (Å²) in [5.41, 5.74) is 2.71. The Morgan fingerprint density at radius 2 is 2.00 bits per heavy atom.